The van der Waals surface area contributed by atoms with Crippen molar-refractivity contribution in [3.63, 3.8) is 0 Å². The Balaban J connectivity index is 1.17. The molecule has 0 radical (unpaired) electrons. The van der Waals surface area contributed by atoms with Gasteiger partial charge in [0.15, 0.2) is 0 Å². The fourth-order valence-electron chi connectivity index (χ4n) is 12.4. The van der Waals surface area contributed by atoms with Crippen LogP contribution in [0.5, 0.6) is 0 Å². The van der Waals surface area contributed by atoms with E-state index in [1.54, 1.807) is 0 Å². The molecule has 3 aliphatic rings. The molecule has 5 heterocycles. The number of hydrogen-bond acceptors (Lipinski definition) is 3. The Morgan fingerprint density at radius 1 is 0.561 bits per heavy atom. The van der Waals surface area contributed by atoms with Gasteiger partial charge in [0.1, 0.15) is 11.2 Å². The Morgan fingerprint density at radius 2 is 1.30 bits per heavy atom. The number of para-hydroxylation sites is 1. The van der Waals surface area contributed by atoms with E-state index in [1.165, 1.54) is 125 Å². The minimum absolute atomic E-state index is 0.0388. The van der Waals surface area contributed by atoms with E-state index in [2.05, 4.69) is 214 Å². The van der Waals surface area contributed by atoms with Gasteiger partial charge in [-0.3, -0.25) is 0 Å². The van der Waals surface area contributed by atoms with E-state index >= 15 is 0 Å². The predicted octanol–water partition coefficient (Wildman–Crippen LogP) is 15.6. The fraction of sp³-hybridized carbons (Fsp3) is 0.115. The number of fused-ring (bicyclic) bond motifs is 19. The predicted molar refractivity (Wildman–Crippen MR) is 282 cm³/mol. The van der Waals surface area contributed by atoms with Crippen LogP contribution in [0.25, 0.3) is 103 Å². The average Bonchev–Trinajstić information content (AvgIpc) is 4.06. The molecule has 1 aliphatic carbocycles. The molecule has 0 atom stereocenters. The van der Waals surface area contributed by atoms with Gasteiger partial charge in [-0.1, -0.05) is 144 Å². The van der Waals surface area contributed by atoms with E-state index in [-0.39, 0.29) is 17.7 Å². The zero-order chi connectivity index (χ0) is 44.0. The zero-order valence-electron chi connectivity index (χ0n) is 37.5. The molecule has 0 fully saturated rings. The minimum Gasteiger partial charge on any atom is -0.455 e. The van der Waals surface area contributed by atoms with Gasteiger partial charge in [0.2, 0.25) is 0 Å². The maximum absolute atomic E-state index is 7.35. The van der Waals surface area contributed by atoms with E-state index in [0.29, 0.717) is 0 Å². The van der Waals surface area contributed by atoms with Gasteiger partial charge in [-0.25, -0.2) is 0 Å². The Labute approximate surface area is 387 Å². The topological polar surface area (TPSA) is 21.3 Å². The number of hydrogen-bond donors (Lipinski definition) is 0. The average molecular weight is 863 g/mol. The lowest BCUT2D eigenvalue weighted by atomic mass is 9.43. The number of anilines is 2. The monoisotopic (exact) mass is 862 g/mol. The van der Waals surface area contributed by atoms with Crippen LogP contribution >= 0.6 is 11.3 Å². The summed E-state index contributed by atoms with van der Waals surface area (Å²) in [5, 5.41) is 7.52. The van der Waals surface area contributed by atoms with Crippen molar-refractivity contribution in [3.05, 3.63) is 187 Å². The Hall–Kier alpha value is -7.34. The highest BCUT2D eigenvalue weighted by atomic mass is 32.1. The Kier molecular flexibility index (Phi) is 7.00. The molecule has 12 aromatic rings. The quantitative estimate of drug-likeness (QED) is 0.162. The number of benzene rings is 9. The number of rotatable bonds is 2. The van der Waals surface area contributed by atoms with Gasteiger partial charge in [0.25, 0.3) is 0 Å². The lowest BCUT2D eigenvalue weighted by Crippen LogP contribution is -2.60. The van der Waals surface area contributed by atoms with Crippen molar-refractivity contribution >= 4 is 104 Å². The molecule has 0 saturated heterocycles. The van der Waals surface area contributed by atoms with Gasteiger partial charge in [0, 0.05) is 75.3 Å². The van der Waals surface area contributed by atoms with Gasteiger partial charge < -0.3 is 13.8 Å². The Morgan fingerprint density at radius 3 is 2.14 bits per heavy atom. The summed E-state index contributed by atoms with van der Waals surface area (Å²) in [6.07, 6.45) is 0. The lowest BCUT2D eigenvalue weighted by Gasteiger charge is -2.42. The molecule has 2 aliphatic heterocycles. The fourth-order valence-corrected chi connectivity index (χ4v) is 13.5. The van der Waals surface area contributed by atoms with Crippen LogP contribution in [0.3, 0.4) is 0 Å². The summed E-state index contributed by atoms with van der Waals surface area (Å²) >= 11 is 1.90. The third-order valence-corrected chi connectivity index (χ3v) is 16.6. The van der Waals surface area contributed by atoms with E-state index in [0.717, 1.165) is 16.6 Å². The molecular formula is C61H43BN2OS. The van der Waals surface area contributed by atoms with E-state index in [4.69, 9.17) is 4.42 Å². The van der Waals surface area contributed by atoms with E-state index in [9.17, 15) is 0 Å². The van der Waals surface area contributed by atoms with Crippen LogP contribution in [-0.2, 0) is 10.8 Å². The molecule has 0 saturated carbocycles. The number of furan rings is 1. The highest BCUT2D eigenvalue weighted by Crippen LogP contribution is 2.57. The van der Waals surface area contributed by atoms with E-state index < -0.39 is 0 Å². The molecule has 312 valence electrons. The van der Waals surface area contributed by atoms with Crippen LogP contribution in [0.1, 0.15) is 51.3 Å². The summed E-state index contributed by atoms with van der Waals surface area (Å²) in [4.78, 5) is 2.69. The largest absolute Gasteiger partial charge is 0.455 e. The van der Waals surface area contributed by atoms with Gasteiger partial charge in [-0.15, -0.1) is 11.3 Å². The second-order valence-corrected chi connectivity index (χ2v) is 21.5. The number of nitrogens with zero attached hydrogens (tertiary/aromatic N) is 2. The van der Waals surface area contributed by atoms with Crippen molar-refractivity contribution in [1.82, 2.24) is 4.57 Å². The third kappa shape index (κ3) is 4.63. The van der Waals surface area contributed by atoms with Crippen molar-refractivity contribution in [2.24, 2.45) is 0 Å². The van der Waals surface area contributed by atoms with Crippen molar-refractivity contribution in [2.75, 3.05) is 4.81 Å². The second-order valence-electron chi connectivity index (χ2n) is 20.4. The van der Waals surface area contributed by atoms with Crippen LogP contribution in [0.2, 0.25) is 0 Å². The molecule has 0 bridgehead atoms. The zero-order valence-corrected chi connectivity index (χ0v) is 38.3. The van der Waals surface area contributed by atoms with Crippen LogP contribution in [0.4, 0.5) is 11.4 Å². The normalized spacial score (nSPS) is 14.5. The molecule has 0 spiro atoms. The first-order chi connectivity index (χ1) is 32.1. The van der Waals surface area contributed by atoms with Crippen molar-refractivity contribution < 1.29 is 4.42 Å². The van der Waals surface area contributed by atoms with Crippen molar-refractivity contribution in [1.29, 1.82) is 0 Å². The summed E-state index contributed by atoms with van der Waals surface area (Å²) in [6, 6.07) is 64.2. The first-order valence-corrected chi connectivity index (χ1v) is 24.1. The highest BCUT2D eigenvalue weighted by molar-refractivity contribution is 7.26. The summed E-state index contributed by atoms with van der Waals surface area (Å²) in [7, 11) is 0. The van der Waals surface area contributed by atoms with Crippen LogP contribution in [0, 0.1) is 0 Å². The van der Waals surface area contributed by atoms with Gasteiger partial charge in [-0.05, 0) is 116 Å². The van der Waals surface area contributed by atoms with Crippen LogP contribution in [-0.4, -0.2) is 11.4 Å². The SMILES string of the molecule is CC(C)(C)c1ccc2c(c1)c1c3c(oc4ccccc43)c3c4c1n2-c1cc2c(cc1B4N(c1ccc(-c4ccccc4)cc1)c1cc4c(cc1-3)-c1ccccc1C4(C)C)sc1ccccc12. The summed E-state index contributed by atoms with van der Waals surface area (Å²) in [6.45, 7) is 11.6. The Bertz CT molecular complexity index is 4120. The number of aromatic nitrogens is 1. The molecular weight excluding hydrogens is 820 g/mol. The highest BCUT2D eigenvalue weighted by Gasteiger charge is 2.48. The summed E-state index contributed by atoms with van der Waals surface area (Å²) in [5.41, 5.74) is 21.9. The van der Waals surface area contributed by atoms with Crippen LogP contribution in [0.15, 0.2) is 174 Å². The first-order valence-electron chi connectivity index (χ1n) is 23.3. The van der Waals surface area contributed by atoms with Gasteiger partial charge in [-0.2, -0.15) is 0 Å². The summed E-state index contributed by atoms with van der Waals surface area (Å²) < 4.78 is 12.6. The molecule has 66 heavy (non-hydrogen) atoms. The van der Waals surface area contributed by atoms with Gasteiger partial charge in [0.05, 0.1) is 11.0 Å². The molecule has 15 rings (SSSR count). The minimum atomic E-state index is -0.187. The molecule has 9 aromatic carbocycles. The molecule has 5 heteroatoms. The second kappa shape index (κ2) is 12.5. The van der Waals surface area contributed by atoms with Crippen molar-refractivity contribution in [3.8, 4) is 39.1 Å². The molecule has 0 unspecified atom stereocenters. The maximum atomic E-state index is 7.35. The summed E-state index contributed by atoms with van der Waals surface area (Å²) in [5.74, 6) is 0. The molecule has 0 N–H and O–H groups in total. The van der Waals surface area contributed by atoms with E-state index in [1.807, 2.05) is 11.3 Å². The molecule has 3 aromatic heterocycles. The standard InChI is InChI=1S/C61H43BN2OS/c1-60(2,3)36-25-28-48-43(29-36)54-55-40-19-10-13-21-51(40)65-59(55)56-44-30-41-38-17-9-12-20-45(38)61(4,5)46(41)32-49(44)64(37-26-23-35(24-27-37)34-15-7-6-8-16-34)62-47-33-53-42(39-18-11-14-22-52(39)66-53)31-50(47)63(48)58(54)57(56)62/h6-33H,1-5H3. The molecule has 0 amide bonds. The maximum Gasteiger partial charge on any atom is 0.333 e. The van der Waals surface area contributed by atoms with Crippen LogP contribution < -0.4 is 15.7 Å². The van der Waals surface area contributed by atoms with Crippen molar-refractivity contribution in [2.45, 2.75) is 45.4 Å². The first kappa shape index (κ1) is 36.9. The van der Waals surface area contributed by atoms with Gasteiger partial charge >= 0.3 is 6.85 Å². The third-order valence-electron chi connectivity index (χ3n) is 15.5. The molecule has 3 nitrogen and oxygen atoms in total. The lowest BCUT2D eigenvalue weighted by molar-refractivity contribution is 0.591. The number of thiophene rings is 1. The smallest absolute Gasteiger partial charge is 0.333 e.